The standard InChI is InChI=1S/C47H77N3O16P2/c1-4-38(51)29-25-21-17-13-9-7-5-6-8-10-14-18-22-26-30-42(52)61-34-39(64-43(53)31-27-23-19-15-11-12-16-20-24-28-37(2)3)35-62-67(57,58)66-68(59,60)63-36-40-44(54)45(55)46(65-40)50-33-32-41(48)49-47(50)56/h6-9,14,17-18,21,25,29,32-33,37-40,44-46,51,54-55H,4-5,10-13,15-16,19-20,22-24,26-28,30-31,34-36H2,1-3H3,(H,57,58)(H,59,60)(H2,48,49,56)/b8-6-,9-7-,18-14-,21-17-,29-25+/t38-,39+,40+,44+,45+,46+/m0/s1. The van der Waals surface area contributed by atoms with E-state index in [-0.39, 0.29) is 18.7 Å². The summed E-state index contributed by atoms with van der Waals surface area (Å²) in [6, 6.07) is 1.24. The monoisotopic (exact) mass is 1000 g/mol. The molecule has 386 valence electrons. The van der Waals surface area contributed by atoms with Crippen LogP contribution in [0, 0.1) is 5.92 Å². The average molecular weight is 1000 g/mol. The van der Waals surface area contributed by atoms with Crippen LogP contribution in [0.25, 0.3) is 0 Å². The molecule has 2 rings (SSSR count). The summed E-state index contributed by atoms with van der Waals surface area (Å²) in [4.78, 5) is 61.7. The zero-order valence-corrected chi connectivity index (χ0v) is 41.7. The van der Waals surface area contributed by atoms with Gasteiger partial charge in [0.25, 0.3) is 0 Å². The number of phosphoric acid groups is 2. The van der Waals surface area contributed by atoms with E-state index in [0.29, 0.717) is 25.7 Å². The molecule has 0 radical (unpaired) electrons. The van der Waals surface area contributed by atoms with E-state index >= 15 is 0 Å². The number of carbonyl (C=O) groups is 2. The zero-order valence-electron chi connectivity index (χ0n) is 39.9. The lowest BCUT2D eigenvalue weighted by Gasteiger charge is -2.21. The predicted octanol–water partition coefficient (Wildman–Crippen LogP) is 7.99. The summed E-state index contributed by atoms with van der Waals surface area (Å²) in [5, 5.41) is 30.4. The first-order valence-electron chi connectivity index (χ1n) is 23.8. The smallest absolute Gasteiger partial charge is 0.462 e. The second-order valence-corrected chi connectivity index (χ2v) is 20.0. The number of carbonyl (C=O) groups excluding carboxylic acids is 2. The quantitative estimate of drug-likeness (QED) is 0.0121. The number of allylic oxidation sites excluding steroid dienone is 9. The molecule has 2 unspecified atom stereocenters. The van der Waals surface area contributed by atoms with Crippen LogP contribution in [0.1, 0.15) is 143 Å². The molecule has 21 heteroatoms. The first-order chi connectivity index (χ1) is 32.4. The lowest BCUT2D eigenvalue weighted by atomic mass is 10.0. The molecule has 1 aliphatic heterocycles. The van der Waals surface area contributed by atoms with Crippen LogP contribution >= 0.6 is 15.6 Å². The highest BCUT2D eigenvalue weighted by Crippen LogP contribution is 2.60. The molecule has 19 nitrogen and oxygen atoms in total. The molecule has 0 aliphatic carbocycles. The van der Waals surface area contributed by atoms with Gasteiger partial charge in [0.2, 0.25) is 0 Å². The third kappa shape index (κ3) is 28.2. The van der Waals surface area contributed by atoms with Crippen LogP contribution in [0.2, 0.25) is 0 Å². The van der Waals surface area contributed by atoms with Crippen molar-refractivity contribution in [1.82, 2.24) is 9.55 Å². The predicted molar refractivity (Wildman–Crippen MR) is 258 cm³/mol. The van der Waals surface area contributed by atoms with E-state index in [4.69, 9.17) is 29.0 Å². The van der Waals surface area contributed by atoms with Crippen molar-refractivity contribution in [3.63, 3.8) is 0 Å². The van der Waals surface area contributed by atoms with Gasteiger partial charge >= 0.3 is 33.3 Å². The largest absolute Gasteiger partial charge is 0.481 e. The van der Waals surface area contributed by atoms with Crippen molar-refractivity contribution in [2.75, 3.05) is 25.6 Å². The van der Waals surface area contributed by atoms with Crippen LogP contribution in [-0.2, 0) is 46.3 Å². The van der Waals surface area contributed by atoms with E-state index in [9.17, 15) is 48.6 Å². The molecule has 2 heterocycles. The number of aliphatic hydroxyl groups is 3. The van der Waals surface area contributed by atoms with Gasteiger partial charge in [-0.25, -0.2) is 13.9 Å². The fourth-order valence-corrected chi connectivity index (χ4v) is 8.71. The molecular formula is C47H77N3O16P2. The number of nitrogen functional groups attached to an aromatic ring is 1. The Bertz CT molecular complexity index is 1900. The van der Waals surface area contributed by atoms with Crippen LogP contribution in [0.15, 0.2) is 77.8 Å². The topological polar surface area (TPSA) is 286 Å². The summed E-state index contributed by atoms with van der Waals surface area (Å²) in [7, 11) is -10.9. The lowest BCUT2D eigenvalue weighted by molar-refractivity contribution is -0.161. The Kier molecular flexibility index (Phi) is 30.9. The van der Waals surface area contributed by atoms with Gasteiger partial charge in [0, 0.05) is 19.0 Å². The number of aromatic nitrogens is 2. The highest BCUT2D eigenvalue weighted by molar-refractivity contribution is 7.61. The first kappa shape index (κ1) is 60.5. The minimum atomic E-state index is -5.44. The van der Waals surface area contributed by atoms with E-state index in [2.05, 4.69) is 41.4 Å². The van der Waals surface area contributed by atoms with Crippen LogP contribution in [0.4, 0.5) is 5.82 Å². The summed E-state index contributed by atoms with van der Waals surface area (Å²) >= 11 is 0. The van der Waals surface area contributed by atoms with Crippen molar-refractivity contribution in [3.05, 3.63) is 83.5 Å². The van der Waals surface area contributed by atoms with Gasteiger partial charge in [-0.3, -0.25) is 23.2 Å². The summed E-state index contributed by atoms with van der Waals surface area (Å²) in [6.07, 6.45) is 27.2. The Morgan fingerprint density at radius 3 is 2.03 bits per heavy atom. The van der Waals surface area contributed by atoms with Crippen molar-refractivity contribution in [3.8, 4) is 0 Å². The molecule has 68 heavy (non-hydrogen) atoms. The van der Waals surface area contributed by atoms with Gasteiger partial charge in [0.1, 0.15) is 30.7 Å². The molecule has 1 aromatic rings. The number of rotatable bonds is 37. The molecule has 1 aliphatic rings. The summed E-state index contributed by atoms with van der Waals surface area (Å²) < 4.78 is 56.6. The summed E-state index contributed by atoms with van der Waals surface area (Å²) in [5.74, 6) is -0.673. The van der Waals surface area contributed by atoms with Gasteiger partial charge in [0.15, 0.2) is 12.3 Å². The minimum absolute atomic E-state index is 0.0286. The van der Waals surface area contributed by atoms with Gasteiger partial charge in [-0.05, 0) is 56.9 Å². The minimum Gasteiger partial charge on any atom is -0.462 e. The molecule has 1 aromatic heterocycles. The van der Waals surface area contributed by atoms with Gasteiger partial charge in [-0.15, -0.1) is 0 Å². The van der Waals surface area contributed by atoms with Crippen LogP contribution in [-0.4, -0.2) is 96.9 Å². The Morgan fingerprint density at radius 1 is 0.809 bits per heavy atom. The van der Waals surface area contributed by atoms with Crippen molar-refractivity contribution in [1.29, 1.82) is 0 Å². The molecule has 0 spiro atoms. The second kappa shape index (κ2) is 34.7. The first-order valence-corrected chi connectivity index (χ1v) is 26.8. The number of phosphoric ester groups is 2. The fourth-order valence-electron chi connectivity index (χ4n) is 6.60. The van der Waals surface area contributed by atoms with Crippen molar-refractivity contribution < 1.29 is 71.4 Å². The number of ether oxygens (including phenoxy) is 3. The number of unbranched alkanes of at least 4 members (excludes halogenated alkanes) is 9. The van der Waals surface area contributed by atoms with Crippen LogP contribution in [0.3, 0.4) is 0 Å². The molecular weight excluding hydrogens is 924 g/mol. The molecule has 0 aromatic carbocycles. The number of aliphatic hydroxyl groups excluding tert-OH is 3. The maximum Gasteiger partial charge on any atom is 0.481 e. The van der Waals surface area contributed by atoms with Gasteiger partial charge in [-0.2, -0.15) is 9.29 Å². The highest BCUT2D eigenvalue weighted by Gasteiger charge is 2.46. The van der Waals surface area contributed by atoms with Gasteiger partial charge in [-0.1, -0.05) is 139 Å². The molecule has 8 atom stereocenters. The average Bonchev–Trinajstić information content (AvgIpc) is 3.56. The molecule has 0 amide bonds. The summed E-state index contributed by atoms with van der Waals surface area (Å²) in [6.45, 7) is 4.00. The third-order valence-corrected chi connectivity index (χ3v) is 13.1. The number of hydrogen-bond acceptors (Lipinski definition) is 16. The number of nitrogens with zero attached hydrogens (tertiary/aromatic N) is 2. The van der Waals surface area contributed by atoms with E-state index in [1.54, 1.807) is 6.08 Å². The van der Waals surface area contributed by atoms with Crippen molar-refractivity contribution in [2.45, 2.75) is 173 Å². The van der Waals surface area contributed by atoms with Gasteiger partial charge in [0.05, 0.1) is 19.3 Å². The van der Waals surface area contributed by atoms with E-state index in [1.165, 1.54) is 38.2 Å². The third-order valence-electron chi connectivity index (χ3n) is 10.5. The lowest BCUT2D eigenvalue weighted by Crippen LogP contribution is -2.36. The Labute approximate surface area is 401 Å². The number of nitrogens with two attached hydrogens (primary N) is 1. The normalized spacial score (nSPS) is 20.5. The Morgan fingerprint density at radius 2 is 1.40 bits per heavy atom. The van der Waals surface area contributed by atoms with E-state index < -0.39 is 89.8 Å². The maximum absolute atomic E-state index is 12.8. The van der Waals surface area contributed by atoms with Crippen LogP contribution in [0.5, 0.6) is 0 Å². The summed E-state index contributed by atoms with van der Waals surface area (Å²) in [5.41, 5.74) is 4.57. The fraction of sp³-hybridized carbons (Fsp3) is 0.660. The second-order valence-electron chi connectivity index (χ2n) is 16.9. The Hall–Kier alpha value is -3.58. The van der Waals surface area contributed by atoms with E-state index in [1.807, 2.05) is 43.4 Å². The zero-order chi connectivity index (χ0) is 50.2. The van der Waals surface area contributed by atoms with Crippen molar-refractivity contribution >= 4 is 33.4 Å². The molecule has 7 N–H and O–H groups in total. The SMILES string of the molecule is CC[C@H](O)/C=C/C=C\C/C=C\C/C=C\C/C=C\CCCC(=O)OC[C@H](COP(=O)(O)OP(=O)(O)OC[C@H]1O[C@@H](n2ccc(N)nc2=O)[C@H](O)[C@@H]1O)OC(=O)CCCCCCCCCCCC(C)C. The number of hydrogen-bond donors (Lipinski definition) is 6. The molecule has 1 saturated heterocycles. The maximum atomic E-state index is 12.8. The number of esters is 2. The van der Waals surface area contributed by atoms with Crippen molar-refractivity contribution in [2.24, 2.45) is 5.92 Å². The molecule has 0 saturated carbocycles. The molecule has 0 bridgehead atoms. The highest BCUT2D eigenvalue weighted by atomic mass is 31.3. The van der Waals surface area contributed by atoms with Gasteiger partial charge < -0.3 is 45.1 Å². The Balaban J connectivity index is 1.84. The van der Waals surface area contributed by atoms with E-state index in [0.717, 1.165) is 61.6 Å². The van der Waals surface area contributed by atoms with Crippen LogP contribution < -0.4 is 11.4 Å². The number of anilines is 1. The molecule has 1 fully saturated rings.